The van der Waals surface area contributed by atoms with Crippen molar-refractivity contribution >= 4 is 12.2 Å². The summed E-state index contributed by atoms with van der Waals surface area (Å²) in [6, 6.07) is -0.452. The van der Waals surface area contributed by atoms with E-state index in [1.807, 2.05) is 41.5 Å². The van der Waals surface area contributed by atoms with Crippen LogP contribution in [0.1, 0.15) is 54.4 Å². The molecule has 1 aliphatic heterocycles. The largest absolute Gasteiger partial charge is 0.444 e. The molecule has 2 amide bonds. The number of ether oxygens (including phenoxy) is 2. The molecule has 0 saturated carbocycles. The molecule has 0 radical (unpaired) electrons. The quantitative estimate of drug-likeness (QED) is 0.769. The number of amides is 2. The van der Waals surface area contributed by atoms with Crippen molar-refractivity contribution in [2.75, 3.05) is 13.1 Å². The summed E-state index contributed by atoms with van der Waals surface area (Å²) in [5.41, 5.74) is 5.05. The van der Waals surface area contributed by atoms with Gasteiger partial charge in [-0.1, -0.05) is 0 Å². The maximum atomic E-state index is 12.1. The van der Waals surface area contributed by atoms with Gasteiger partial charge in [0.05, 0.1) is 0 Å². The van der Waals surface area contributed by atoms with Gasteiger partial charge in [0.25, 0.3) is 0 Å². The van der Waals surface area contributed by atoms with Crippen molar-refractivity contribution in [2.24, 2.45) is 5.73 Å². The zero-order chi connectivity index (χ0) is 17.8. The first kappa shape index (κ1) is 19.5. The van der Waals surface area contributed by atoms with Crippen LogP contribution in [0.25, 0.3) is 0 Å². The SMILES string of the molecule is CC(C)(C)OC(=O)NC1CCN(C(=O)OC(C)(C)C)CCC1N. The van der Waals surface area contributed by atoms with Gasteiger partial charge in [-0.3, -0.25) is 0 Å². The molecule has 3 N–H and O–H groups in total. The molecule has 7 heteroatoms. The summed E-state index contributed by atoms with van der Waals surface area (Å²) in [5.74, 6) is 0. The lowest BCUT2D eigenvalue weighted by Gasteiger charge is -2.26. The third kappa shape index (κ3) is 7.54. The lowest BCUT2D eigenvalue weighted by atomic mass is 10.0. The molecule has 1 heterocycles. The second kappa shape index (κ2) is 7.38. The van der Waals surface area contributed by atoms with Gasteiger partial charge in [0, 0.05) is 25.2 Å². The molecule has 0 aliphatic carbocycles. The minimum atomic E-state index is -0.554. The predicted octanol–water partition coefficient (Wildman–Crippen LogP) is 2.24. The van der Waals surface area contributed by atoms with E-state index >= 15 is 0 Å². The van der Waals surface area contributed by atoms with Crippen molar-refractivity contribution in [3.05, 3.63) is 0 Å². The molecule has 2 unspecified atom stereocenters. The molecule has 1 aliphatic rings. The zero-order valence-corrected chi connectivity index (χ0v) is 15.1. The van der Waals surface area contributed by atoms with Gasteiger partial charge in [-0.05, 0) is 54.4 Å². The third-order valence-electron chi connectivity index (χ3n) is 3.31. The lowest BCUT2D eigenvalue weighted by molar-refractivity contribution is 0.0256. The Morgan fingerprint density at radius 3 is 2.04 bits per heavy atom. The summed E-state index contributed by atoms with van der Waals surface area (Å²) in [5, 5.41) is 2.81. The minimum absolute atomic E-state index is 0.225. The van der Waals surface area contributed by atoms with E-state index in [0.29, 0.717) is 25.9 Å². The maximum absolute atomic E-state index is 12.1. The van der Waals surface area contributed by atoms with Crippen molar-refractivity contribution in [3.63, 3.8) is 0 Å². The van der Waals surface area contributed by atoms with Gasteiger partial charge in [-0.15, -0.1) is 0 Å². The van der Waals surface area contributed by atoms with E-state index in [1.165, 1.54) is 0 Å². The van der Waals surface area contributed by atoms with Crippen LogP contribution in [0.2, 0.25) is 0 Å². The van der Waals surface area contributed by atoms with Crippen LogP contribution in [-0.2, 0) is 9.47 Å². The van der Waals surface area contributed by atoms with Gasteiger partial charge in [0.2, 0.25) is 0 Å². The first-order valence-corrected chi connectivity index (χ1v) is 8.10. The second-order valence-corrected chi connectivity index (χ2v) is 7.96. The highest BCUT2D eigenvalue weighted by Gasteiger charge is 2.30. The normalized spacial score (nSPS) is 23.0. The number of likely N-dealkylation sites (tertiary alicyclic amines) is 1. The van der Waals surface area contributed by atoms with Crippen LogP contribution in [-0.4, -0.2) is 53.5 Å². The highest BCUT2D eigenvalue weighted by molar-refractivity contribution is 5.69. The summed E-state index contributed by atoms with van der Waals surface area (Å²) < 4.78 is 10.6. The summed E-state index contributed by atoms with van der Waals surface area (Å²) in [6.45, 7) is 11.9. The molecule has 2 atom stereocenters. The van der Waals surface area contributed by atoms with Crippen LogP contribution in [0.5, 0.6) is 0 Å². The Bertz CT molecular complexity index is 426. The number of nitrogens with zero attached hydrogens (tertiary/aromatic N) is 1. The molecular formula is C16H31N3O4. The van der Waals surface area contributed by atoms with E-state index in [2.05, 4.69) is 5.32 Å². The summed E-state index contributed by atoms with van der Waals surface area (Å²) in [7, 11) is 0. The fraction of sp³-hybridized carbons (Fsp3) is 0.875. The van der Waals surface area contributed by atoms with Crippen LogP contribution in [0.15, 0.2) is 0 Å². The number of alkyl carbamates (subject to hydrolysis) is 1. The molecule has 1 saturated heterocycles. The highest BCUT2D eigenvalue weighted by Crippen LogP contribution is 2.16. The van der Waals surface area contributed by atoms with Gasteiger partial charge >= 0.3 is 12.2 Å². The van der Waals surface area contributed by atoms with Gasteiger partial charge in [-0.25, -0.2) is 9.59 Å². The predicted molar refractivity (Wildman–Crippen MR) is 88.2 cm³/mol. The Morgan fingerprint density at radius 2 is 1.52 bits per heavy atom. The van der Waals surface area contributed by atoms with Crippen molar-refractivity contribution in [3.8, 4) is 0 Å². The van der Waals surface area contributed by atoms with Crippen LogP contribution < -0.4 is 11.1 Å². The molecule has 23 heavy (non-hydrogen) atoms. The van der Waals surface area contributed by atoms with E-state index < -0.39 is 17.3 Å². The van der Waals surface area contributed by atoms with Crippen molar-refractivity contribution in [1.29, 1.82) is 0 Å². The number of hydrogen-bond donors (Lipinski definition) is 2. The topological polar surface area (TPSA) is 93.9 Å². The fourth-order valence-corrected chi connectivity index (χ4v) is 2.27. The van der Waals surface area contributed by atoms with Crippen LogP contribution >= 0.6 is 0 Å². The number of rotatable bonds is 1. The molecule has 0 aromatic carbocycles. The monoisotopic (exact) mass is 329 g/mol. The van der Waals surface area contributed by atoms with E-state index in [9.17, 15) is 9.59 Å². The minimum Gasteiger partial charge on any atom is -0.444 e. The Labute approximate surface area is 138 Å². The molecule has 0 bridgehead atoms. The Kier molecular flexibility index (Phi) is 6.27. The summed E-state index contributed by atoms with van der Waals surface area (Å²) >= 11 is 0. The smallest absolute Gasteiger partial charge is 0.410 e. The molecule has 0 spiro atoms. The molecule has 1 fully saturated rings. The third-order valence-corrected chi connectivity index (χ3v) is 3.31. The molecule has 7 nitrogen and oxygen atoms in total. The van der Waals surface area contributed by atoms with E-state index in [0.717, 1.165) is 0 Å². The first-order chi connectivity index (χ1) is 10.4. The molecule has 0 aromatic rings. The van der Waals surface area contributed by atoms with Gasteiger partial charge in [0.1, 0.15) is 11.2 Å². The first-order valence-electron chi connectivity index (χ1n) is 8.10. The standard InChI is InChI=1S/C16H31N3O4/c1-15(2,3)22-13(20)18-12-8-10-19(9-7-11(12)17)14(21)23-16(4,5)6/h11-12H,7-10,17H2,1-6H3,(H,18,20). The van der Waals surface area contributed by atoms with Crippen molar-refractivity contribution in [1.82, 2.24) is 10.2 Å². The Hall–Kier alpha value is -1.50. The molecule has 0 aromatic heterocycles. The number of carbonyl (C=O) groups excluding carboxylic acids is 2. The van der Waals surface area contributed by atoms with Gasteiger partial charge in [-0.2, -0.15) is 0 Å². The summed E-state index contributed by atoms with van der Waals surface area (Å²) in [6.07, 6.45) is 0.339. The van der Waals surface area contributed by atoms with Gasteiger partial charge in [0.15, 0.2) is 0 Å². The van der Waals surface area contributed by atoms with Crippen LogP contribution in [0, 0.1) is 0 Å². The number of carbonyl (C=O) groups is 2. The number of nitrogens with one attached hydrogen (secondary N) is 1. The fourth-order valence-electron chi connectivity index (χ4n) is 2.27. The van der Waals surface area contributed by atoms with E-state index in [1.54, 1.807) is 4.90 Å². The number of hydrogen-bond acceptors (Lipinski definition) is 5. The average Bonchev–Trinajstić information content (AvgIpc) is 2.48. The average molecular weight is 329 g/mol. The molecular weight excluding hydrogens is 298 g/mol. The highest BCUT2D eigenvalue weighted by atomic mass is 16.6. The Morgan fingerprint density at radius 1 is 1.00 bits per heavy atom. The maximum Gasteiger partial charge on any atom is 0.410 e. The van der Waals surface area contributed by atoms with Crippen molar-refractivity contribution < 1.29 is 19.1 Å². The molecule has 134 valence electrons. The van der Waals surface area contributed by atoms with E-state index in [4.69, 9.17) is 15.2 Å². The van der Waals surface area contributed by atoms with Crippen LogP contribution in [0.3, 0.4) is 0 Å². The molecule has 1 rings (SSSR count). The van der Waals surface area contributed by atoms with Crippen LogP contribution in [0.4, 0.5) is 9.59 Å². The Balaban J connectivity index is 2.58. The van der Waals surface area contributed by atoms with E-state index in [-0.39, 0.29) is 18.2 Å². The van der Waals surface area contributed by atoms with Gasteiger partial charge < -0.3 is 25.4 Å². The zero-order valence-electron chi connectivity index (χ0n) is 15.1. The number of nitrogens with two attached hydrogens (primary N) is 1. The second-order valence-electron chi connectivity index (χ2n) is 7.96. The van der Waals surface area contributed by atoms with Crippen molar-refractivity contribution in [2.45, 2.75) is 77.7 Å². The lowest BCUT2D eigenvalue weighted by Crippen LogP contribution is -2.48. The summed E-state index contributed by atoms with van der Waals surface area (Å²) in [4.78, 5) is 25.7.